The van der Waals surface area contributed by atoms with Crippen LogP contribution >= 0.6 is 0 Å². The summed E-state index contributed by atoms with van der Waals surface area (Å²) >= 11 is 0. The third-order valence-corrected chi connectivity index (χ3v) is 9.44. The van der Waals surface area contributed by atoms with E-state index in [0.717, 1.165) is 95.1 Å². The fourth-order valence-electron chi connectivity index (χ4n) is 5.80. The van der Waals surface area contributed by atoms with Crippen molar-refractivity contribution in [3.63, 3.8) is 0 Å². The lowest BCUT2D eigenvalue weighted by atomic mass is 9.94. The fourth-order valence-corrected chi connectivity index (χ4v) is 5.80. The third kappa shape index (κ3) is 15.2. The Morgan fingerprint density at radius 3 is 2.36 bits per heavy atom. The average molecular weight is 716 g/mol. The molecular formula is C47H65N5O. The Morgan fingerprint density at radius 2 is 1.74 bits per heavy atom. The van der Waals surface area contributed by atoms with Crippen LogP contribution in [0.5, 0.6) is 5.75 Å². The van der Waals surface area contributed by atoms with E-state index in [2.05, 4.69) is 124 Å². The highest BCUT2D eigenvalue weighted by Crippen LogP contribution is 2.35. The number of nitrogens with zero attached hydrogens (tertiary/aromatic N) is 2. The number of hydrogen-bond acceptors (Lipinski definition) is 6. The summed E-state index contributed by atoms with van der Waals surface area (Å²) in [6, 6.07) is 19.2. The zero-order valence-electron chi connectivity index (χ0n) is 33.0. The van der Waals surface area contributed by atoms with Crippen molar-refractivity contribution in [3.8, 4) is 29.9 Å². The number of terminal acetylenes is 1. The van der Waals surface area contributed by atoms with Gasteiger partial charge in [0.05, 0.1) is 30.2 Å². The Kier molecular flexibility index (Phi) is 20.1. The Morgan fingerprint density at radius 1 is 1.06 bits per heavy atom. The number of methoxy groups -OCH3 is 1. The van der Waals surface area contributed by atoms with E-state index in [1.165, 1.54) is 25.7 Å². The summed E-state index contributed by atoms with van der Waals surface area (Å²) in [4.78, 5) is 7.21. The molecule has 2 unspecified atom stereocenters. The number of fused-ring (bicyclic) bond motifs is 2. The number of nitrogens with one attached hydrogen (secondary N) is 3. The van der Waals surface area contributed by atoms with E-state index in [1.54, 1.807) is 13.3 Å². The van der Waals surface area contributed by atoms with Crippen LogP contribution in [0.25, 0.3) is 27.7 Å². The smallest absolute Gasteiger partial charge is 0.121 e. The normalized spacial score (nSPS) is 19.7. The molecular weight excluding hydrogens is 651 g/mol. The van der Waals surface area contributed by atoms with Crippen molar-refractivity contribution < 1.29 is 4.74 Å². The third-order valence-electron chi connectivity index (χ3n) is 9.44. The number of allylic oxidation sites excluding steroid dienone is 2. The van der Waals surface area contributed by atoms with E-state index in [-0.39, 0.29) is 6.04 Å². The molecule has 3 aromatic rings. The number of hydrogen-bond donors (Lipinski definition) is 3. The first-order chi connectivity index (χ1) is 25.7. The SMILES string of the molecule is C#C.C=C.C=C(CCCC1NC(=C)N(C)CCCC/C=C\[C@@H]2CC2NC1=C)c1cc(-c2ccccc2)nc2cc(OC)ccc12.C=CNC.CC1CC1. The second kappa shape index (κ2) is 24.2. The van der Waals surface area contributed by atoms with Gasteiger partial charge in [0.1, 0.15) is 5.75 Å². The molecule has 0 spiro atoms. The maximum absolute atomic E-state index is 5.50. The van der Waals surface area contributed by atoms with Gasteiger partial charge in [-0.3, -0.25) is 0 Å². The standard InChI is InChI=1S/C36H44N4O.C4H8.C3H7N.C2H4.C2H2/c1-25(32-24-35(28-15-10-8-11-16-28)39-36-23-30(41-5)19-20-31(32)36)14-13-18-33-26(2)37-34-22-29(34)17-9-6-7-12-21-40(4)27(3)38-33;1-4-2-3-4;1-3-4-2;2*1-2/h8-11,15-17,19-20,23-24,29,33-34,37-38H,1-3,6-7,12-14,18,21-22H2,4-5H3;4H,2-3H2,1H3;3-4H,1H2,2H3;1-2H2;1-2H/b17-9-;;;;/t29-,33?,34?;;;;/m1..../s1. The monoisotopic (exact) mass is 716 g/mol. The summed E-state index contributed by atoms with van der Waals surface area (Å²) in [5, 5.41) is 11.2. The molecule has 0 bridgehead atoms. The van der Waals surface area contributed by atoms with Crippen LogP contribution in [0.3, 0.4) is 0 Å². The first kappa shape index (κ1) is 44.0. The van der Waals surface area contributed by atoms with Crippen molar-refractivity contribution in [3.05, 3.63) is 130 Å². The van der Waals surface area contributed by atoms with Gasteiger partial charge >= 0.3 is 0 Å². The maximum Gasteiger partial charge on any atom is 0.121 e. The first-order valence-corrected chi connectivity index (χ1v) is 18.9. The summed E-state index contributed by atoms with van der Waals surface area (Å²) in [5.74, 6) is 3.47. The Bertz CT molecular complexity index is 1640. The molecule has 1 aliphatic heterocycles. The maximum atomic E-state index is 5.50. The van der Waals surface area contributed by atoms with E-state index in [9.17, 15) is 0 Å². The molecule has 6 nitrogen and oxygen atoms in total. The highest BCUT2D eigenvalue weighted by Gasteiger charge is 2.35. The lowest BCUT2D eigenvalue weighted by molar-refractivity contribution is 0.355. The van der Waals surface area contributed by atoms with Crippen molar-refractivity contribution in [1.29, 1.82) is 0 Å². The quantitative estimate of drug-likeness (QED) is 0.159. The molecule has 2 aromatic carbocycles. The van der Waals surface area contributed by atoms with Gasteiger partial charge in [-0.25, -0.2) is 4.98 Å². The molecule has 284 valence electrons. The molecule has 0 amide bonds. The molecule has 3 atom stereocenters. The molecule has 3 aliphatic rings. The van der Waals surface area contributed by atoms with Crippen molar-refractivity contribution >= 4 is 16.5 Å². The summed E-state index contributed by atoms with van der Waals surface area (Å²) in [6.07, 6.45) is 24.8. The van der Waals surface area contributed by atoms with Crippen molar-refractivity contribution in [2.45, 2.75) is 76.8 Å². The minimum Gasteiger partial charge on any atom is -0.497 e. The first-order valence-electron chi connectivity index (χ1n) is 18.9. The Labute approximate surface area is 321 Å². The van der Waals surface area contributed by atoms with Gasteiger partial charge in [0.25, 0.3) is 0 Å². The van der Waals surface area contributed by atoms with Crippen molar-refractivity contribution in [2.75, 3.05) is 27.7 Å². The molecule has 3 N–H and O–H groups in total. The van der Waals surface area contributed by atoms with Crippen molar-refractivity contribution in [1.82, 2.24) is 25.8 Å². The molecule has 6 heteroatoms. The second-order valence-electron chi connectivity index (χ2n) is 13.6. The lowest BCUT2D eigenvalue weighted by Crippen LogP contribution is -2.40. The van der Waals surface area contributed by atoms with Gasteiger partial charge in [0, 0.05) is 49.4 Å². The van der Waals surface area contributed by atoms with Gasteiger partial charge in [0.2, 0.25) is 0 Å². The van der Waals surface area contributed by atoms with E-state index in [1.807, 2.05) is 37.4 Å². The average Bonchev–Trinajstić information content (AvgIpc) is 4.15. The highest BCUT2D eigenvalue weighted by atomic mass is 16.5. The van der Waals surface area contributed by atoms with Gasteiger partial charge in [-0.05, 0) is 92.3 Å². The lowest BCUT2D eigenvalue weighted by Gasteiger charge is -2.30. The fraction of sp³-hybridized carbons (Fsp3) is 0.383. The van der Waals surface area contributed by atoms with Crippen LogP contribution < -0.4 is 20.7 Å². The number of rotatable bonds is 8. The number of aromatic nitrogens is 1. The zero-order valence-corrected chi connectivity index (χ0v) is 33.0. The molecule has 2 aliphatic carbocycles. The summed E-state index contributed by atoms with van der Waals surface area (Å²) in [5.41, 5.74) is 6.26. The Hall–Kier alpha value is -5.15. The Balaban J connectivity index is 0.000000708. The van der Waals surface area contributed by atoms with Crippen molar-refractivity contribution in [2.24, 2.45) is 11.8 Å². The van der Waals surface area contributed by atoms with E-state index in [0.29, 0.717) is 12.0 Å². The summed E-state index contributed by atoms with van der Waals surface area (Å²) < 4.78 is 5.50. The van der Waals surface area contributed by atoms with Crippen LogP contribution in [0.1, 0.15) is 70.3 Å². The van der Waals surface area contributed by atoms with Gasteiger partial charge in [-0.2, -0.15) is 0 Å². The van der Waals surface area contributed by atoms with Gasteiger partial charge < -0.3 is 25.6 Å². The summed E-state index contributed by atoms with van der Waals surface area (Å²) in [6.45, 7) is 26.0. The zero-order chi connectivity index (χ0) is 39.2. The van der Waals surface area contributed by atoms with Crippen LogP contribution in [0, 0.1) is 24.7 Å². The minimum absolute atomic E-state index is 0.101. The predicted octanol–water partition coefficient (Wildman–Crippen LogP) is 10.5. The van der Waals surface area contributed by atoms with Gasteiger partial charge in [-0.1, -0.05) is 88.6 Å². The van der Waals surface area contributed by atoms with E-state index >= 15 is 0 Å². The van der Waals surface area contributed by atoms with E-state index in [4.69, 9.17) is 9.72 Å². The molecule has 53 heavy (non-hydrogen) atoms. The minimum atomic E-state index is 0.101. The topological polar surface area (TPSA) is 61.5 Å². The molecule has 2 saturated carbocycles. The van der Waals surface area contributed by atoms with Crippen LogP contribution in [-0.2, 0) is 0 Å². The molecule has 2 fully saturated rings. The number of benzene rings is 2. The largest absolute Gasteiger partial charge is 0.497 e. The van der Waals surface area contributed by atoms with Crippen LogP contribution in [0.15, 0.2) is 124 Å². The molecule has 1 aromatic heterocycles. The van der Waals surface area contributed by atoms with Crippen LogP contribution in [0.4, 0.5) is 0 Å². The predicted molar refractivity (Wildman–Crippen MR) is 231 cm³/mol. The molecule has 6 rings (SSSR count). The molecule has 2 heterocycles. The van der Waals surface area contributed by atoms with E-state index < -0.39 is 0 Å². The molecule has 0 radical (unpaired) electrons. The van der Waals surface area contributed by atoms with Crippen LogP contribution in [-0.4, -0.2) is 49.7 Å². The summed E-state index contributed by atoms with van der Waals surface area (Å²) in [7, 11) is 5.63. The van der Waals surface area contributed by atoms with Crippen LogP contribution in [0.2, 0.25) is 0 Å². The van der Waals surface area contributed by atoms with Gasteiger partial charge in [-0.15, -0.1) is 26.0 Å². The second-order valence-corrected chi connectivity index (χ2v) is 13.6. The number of pyridine rings is 1. The molecule has 0 saturated heterocycles. The highest BCUT2D eigenvalue weighted by molar-refractivity contribution is 5.94. The van der Waals surface area contributed by atoms with Gasteiger partial charge in [0.15, 0.2) is 0 Å². The number of ether oxygens (including phenoxy) is 1.